The number of sulfone groups is 1. The summed E-state index contributed by atoms with van der Waals surface area (Å²) in [6, 6.07) is 0.145. The van der Waals surface area contributed by atoms with Gasteiger partial charge >= 0.3 is 18.3 Å². The van der Waals surface area contributed by atoms with Gasteiger partial charge in [0.05, 0.1) is 15.7 Å². The molecule has 152 valence electrons. The number of alkyl halides is 6. The maximum atomic E-state index is 13.3. The molecular weight excluding hydrogens is 408 g/mol. The molecule has 1 saturated heterocycles. The van der Waals surface area contributed by atoms with E-state index in [-0.39, 0.29) is 12.6 Å². The van der Waals surface area contributed by atoms with Crippen molar-refractivity contribution in [3.05, 3.63) is 23.8 Å². The topological polar surface area (TPSA) is 92.7 Å². The number of aliphatic carboxylic acids is 1. The van der Waals surface area contributed by atoms with Gasteiger partial charge in [0.1, 0.15) is 11.8 Å². The zero-order valence-electron chi connectivity index (χ0n) is 13.3. The van der Waals surface area contributed by atoms with Gasteiger partial charge in [-0.3, -0.25) is 4.79 Å². The molecule has 13 heteroatoms. The van der Waals surface area contributed by atoms with Crippen molar-refractivity contribution in [2.24, 2.45) is 0 Å². The zero-order chi connectivity index (χ0) is 20.6. The SMILES string of the molecule is O=C(O)[C@@H]1C[C@@H](S(=O)(=O)c2ccc(OCC(F)(F)F)cc2C(F)(F)F)CN1. The number of benzene rings is 1. The van der Waals surface area contributed by atoms with Crippen molar-refractivity contribution >= 4 is 15.8 Å². The van der Waals surface area contributed by atoms with Gasteiger partial charge in [0.25, 0.3) is 0 Å². The van der Waals surface area contributed by atoms with E-state index in [0.29, 0.717) is 12.1 Å². The smallest absolute Gasteiger partial charge is 0.422 e. The highest BCUT2D eigenvalue weighted by Crippen LogP contribution is 2.38. The second kappa shape index (κ2) is 7.19. The van der Waals surface area contributed by atoms with Gasteiger partial charge in [0.15, 0.2) is 16.4 Å². The number of hydrogen-bond acceptors (Lipinski definition) is 5. The third-order valence-corrected chi connectivity index (χ3v) is 6.00. The fourth-order valence-electron chi connectivity index (χ4n) is 2.54. The highest BCUT2D eigenvalue weighted by atomic mass is 32.2. The minimum atomic E-state index is -5.18. The van der Waals surface area contributed by atoms with Crippen LogP contribution in [0.1, 0.15) is 12.0 Å². The zero-order valence-corrected chi connectivity index (χ0v) is 14.1. The van der Waals surface area contributed by atoms with Gasteiger partial charge in [-0.25, -0.2) is 8.42 Å². The Bertz CT molecular complexity index is 820. The van der Waals surface area contributed by atoms with E-state index in [1.165, 1.54) is 0 Å². The van der Waals surface area contributed by atoms with Gasteiger partial charge in [0, 0.05) is 6.54 Å². The van der Waals surface area contributed by atoms with Crippen LogP contribution in [0.15, 0.2) is 23.1 Å². The molecule has 2 atom stereocenters. The quantitative estimate of drug-likeness (QED) is 0.709. The molecule has 0 radical (unpaired) electrons. The summed E-state index contributed by atoms with van der Waals surface area (Å²) in [6.45, 7) is -2.22. The maximum absolute atomic E-state index is 13.3. The molecule has 1 aromatic rings. The monoisotopic (exact) mass is 421 g/mol. The fraction of sp³-hybridized carbons (Fsp3) is 0.500. The van der Waals surface area contributed by atoms with Gasteiger partial charge in [0.2, 0.25) is 0 Å². The average molecular weight is 421 g/mol. The molecule has 1 heterocycles. The Morgan fingerprint density at radius 2 is 1.85 bits per heavy atom. The minimum Gasteiger partial charge on any atom is -0.484 e. The summed E-state index contributed by atoms with van der Waals surface area (Å²) in [5, 5.41) is 9.82. The van der Waals surface area contributed by atoms with Crippen molar-refractivity contribution in [2.45, 2.75) is 35.0 Å². The molecule has 0 unspecified atom stereocenters. The van der Waals surface area contributed by atoms with Crippen LogP contribution >= 0.6 is 0 Å². The minimum absolute atomic E-state index is 0.176. The Morgan fingerprint density at radius 3 is 2.33 bits per heavy atom. The summed E-state index contributed by atoms with van der Waals surface area (Å²) < 4.78 is 106. The summed E-state index contributed by atoms with van der Waals surface area (Å²) in [6.07, 6.45) is -10.4. The highest BCUT2D eigenvalue weighted by Gasteiger charge is 2.43. The molecule has 1 fully saturated rings. The third kappa shape index (κ3) is 5.03. The normalized spacial score (nSPS) is 21.3. The molecule has 0 bridgehead atoms. The number of ether oxygens (including phenoxy) is 1. The molecular formula is C14H13F6NO5S. The Morgan fingerprint density at radius 1 is 1.22 bits per heavy atom. The van der Waals surface area contributed by atoms with Crippen LogP contribution in [0.4, 0.5) is 26.3 Å². The van der Waals surface area contributed by atoms with E-state index in [1.807, 2.05) is 0 Å². The molecule has 0 aliphatic carbocycles. The highest BCUT2D eigenvalue weighted by molar-refractivity contribution is 7.92. The van der Waals surface area contributed by atoms with Gasteiger partial charge in [-0.05, 0) is 24.6 Å². The molecule has 0 saturated carbocycles. The lowest BCUT2D eigenvalue weighted by Crippen LogP contribution is -2.30. The summed E-state index contributed by atoms with van der Waals surface area (Å²) in [7, 11) is -4.60. The van der Waals surface area contributed by atoms with Gasteiger partial charge in [-0.15, -0.1) is 0 Å². The molecule has 0 aromatic heterocycles. The summed E-state index contributed by atoms with van der Waals surface area (Å²) in [5.74, 6) is -2.15. The number of rotatable bonds is 5. The van der Waals surface area contributed by atoms with Crippen LogP contribution in [-0.4, -0.2) is 50.1 Å². The van der Waals surface area contributed by atoms with E-state index in [0.717, 1.165) is 0 Å². The van der Waals surface area contributed by atoms with Crippen molar-refractivity contribution in [2.75, 3.05) is 13.2 Å². The molecule has 0 spiro atoms. The van der Waals surface area contributed by atoms with E-state index in [4.69, 9.17) is 5.11 Å². The third-order valence-electron chi connectivity index (χ3n) is 3.79. The van der Waals surface area contributed by atoms with Gasteiger partial charge in [-0.1, -0.05) is 0 Å². The maximum Gasteiger partial charge on any atom is 0.422 e. The van der Waals surface area contributed by atoms with E-state index >= 15 is 0 Å². The van der Waals surface area contributed by atoms with Crippen molar-refractivity contribution in [3.63, 3.8) is 0 Å². The standard InChI is InChI=1S/C14H13F6NO5S/c15-13(16,17)6-26-7-1-2-11(9(3-7)14(18,19)20)27(24,25)8-4-10(12(22)23)21-5-8/h1-3,8,10,21H,4-6H2,(H,22,23)/t8-,10+/m1/s1. The Labute approximate surface area is 149 Å². The Balaban J connectivity index is 2.39. The Hall–Kier alpha value is -2.02. The predicted octanol–water partition coefficient (Wildman–Crippen LogP) is 2.24. The largest absolute Gasteiger partial charge is 0.484 e. The molecule has 2 rings (SSSR count). The van der Waals surface area contributed by atoms with Crippen molar-refractivity contribution < 1.29 is 49.4 Å². The van der Waals surface area contributed by atoms with E-state index in [9.17, 15) is 39.6 Å². The lowest BCUT2D eigenvalue weighted by molar-refractivity contribution is -0.153. The number of carbonyl (C=O) groups is 1. The summed E-state index contributed by atoms with van der Waals surface area (Å²) in [5.41, 5.74) is -1.68. The number of nitrogens with one attached hydrogen (secondary N) is 1. The summed E-state index contributed by atoms with van der Waals surface area (Å²) in [4.78, 5) is 9.74. The van der Waals surface area contributed by atoms with Crippen LogP contribution in [0.2, 0.25) is 0 Å². The van der Waals surface area contributed by atoms with Crippen LogP contribution in [0.25, 0.3) is 0 Å². The number of carboxylic acids is 1. The average Bonchev–Trinajstić information content (AvgIpc) is 3.02. The lowest BCUT2D eigenvalue weighted by atomic mass is 10.2. The molecule has 6 nitrogen and oxygen atoms in total. The molecule has 0 amide bonds. The van der Waals surface area contributed by atoms with E-state index in [1.54, 1.807) is 0 Å². The molecule has 27 heavy (non-hydrogen) atoms. The second-order valence-corrected chi connectivity index (χ2v) is 7.96. The first-order valence-corrected chi connectivity index (χ1v) is 8.87. The predicted molar refractivity (Wildman–Crippen MR) is 78.0 cm³/mol. The van der Waals surface area contributed by atoms with Crippen LogP contribution in [0.5, 0.6) is 5.75 Å². The van der Waals surface area contributed by atoms with E-state index in [2.05, 4.69) is 10.1 Å². The number of carboxylic acid groups (broad SMARTS) is 1. The van der Waals surface area contributed by atoms with Crippen LogP contribution in [0, 0.1) is 0 Å². The first-order chi connectivity index (χ1) is 12.2. The number of hydrogen-bond donors (Lipinski definition) is 2. The van der Waals surface area contributed by atoms with Crippen LogP contribution < -0.4 is 10.1 Å². The van der Waals surface area contributed by atoms with Gasteiger partial charge in [-0.2, -0.15) is 26.3 Å². The van der Waals surface area contributed by atoms with Crippen LogP contribution in [0.3, 0.4) is 0 Å². The van der Waals surface area contributed by atoms with Crippen molar-refractivity contribution in [3.8, 4) is 5.75 Å². The molecule has 1 aliphatic heterocycles. The first-order valence-electron chi connectivity index (χ1n) is 7.32. The van der Waals surface area contributed by atoms with Crippen molar-refractivity contribution in [1.82, 2.24) is 5.32 Å². The second-order valence-electron chi connectivity index (χ2n) is 5.76. The molecule has 1 aromatic carbocycles. The summed E-state index contributed by atoms with van der Waals surface area (Å²) >= 11 is 0. The van der Waals surface area contributed by atoms with Crippen LogP contribution in [-0.2, 0) is 20.8 Å². The molecule has 1 aliphatic rings. The Kier molecular flexibility index (Phi) is 5.66. The first kappa shape index (κ1) is 21.3. The van der Waals surface area contributed by atoms with Gasteiger partial charge < -0.3 is 15.2 Å². The van der Waals surface area contributed by atoms with Crippen molar-refractivity contribution in [1.29, 1.82) is 0 Å². The fourth-order valence-corrected chi connectivity index (χ4v) is 4.40. The number of halogens is 6. The van der Waals surface area contributed by atoms with E-state index < -0.39 is 68.7 Å². The lowest BCUT2D eigenvalue weighted by Gasteiger charge is -2.18. The molecule has 2 N–H and O–H groups in total.